The highest BCUT2D eigenvalue weighted by Crippen LogP contribution is 2.42. The van der Waals surface area contributed by atoms with Crippen molar-refractivity contribution in [2.75, 3.05) is 6.61 Å². The lowest BCUT2D eigenvalue weighted by Gasteiger charge is -2.41. The largest absolute Gasteiger partial charge is 0.487 e. The molecule has 0 radical (unpaired) electrons. The van der Waals surface area contributed by atoms with Crippen LogP contribution in [0.4, 0.5) is 0 Å². The van der Waals surface area contributed by atoms with E-state index in [1.54, 1.807) is 0 Å². The molecular weight excluding hydrogens is 406 g/mol. The van der Waals surface area contributed by atoms with Crippen LogP contribution in [0.1, 0.15) is 50.3 Å². The molecule has 0 fully saturated rings. The van der Waals surface area contributed by atoms with Gasteiger partial charge in [0.1, 0.15) is 17.1 Å². The van der Waals surface area contributed by atoms with E-state index in [-0.39, 0.29) is 24.2 Å². The van der Waals surface area contributed by atoms with Crippen molar-refractivity contribution < 1.29 is 14.3 Å². The van der Waals surface area contributed by atoms with Gasteiger partial charge in [-0.2, -0.15) is 0 Å². The number of fused-ring (bicyclic) bond motifs is 1. The van der Waals surface area contributed by atoms with Crippen LogP contribution >= 0.6 is 15.9 Å². The molecule has 0 bridgehead atoms. The van der Waals surface area contributed by atoms with E-state index in [2.05, 4.69) is 35.1 Å². The summed E-state index contributed by atoms with van der Waals surface area (Å²) in [6, 6.07) is 13.6. The highest BCUT2D eigenvalue weighted by Gasteiger charge is 2.38. The molecule has 0 aromatic heterocycles. The smallest absolute Gasteiger partial charge is 0.258 e. The van der Waals surface area contributed by atoms with Crippen molar-refractivity contribution in [1.29, 1.82) is 0 Å². The van der Waals surface area contributed by atoms with Crippen molar-refractivity contribution in [3.63, 3.8) is 0 Å². The predicted octanol–water partition coefficient (Wildman–Crippen LogP) is 5.34. The van der Waals surface area contributed by atoms with Crippen LogP contribution in [-0.2, 0) is 4.79 Å². The van der Waals surface area contributed by atoms with Crippen molar-refractivity contribution in [3.05, 3.63) is 58.1 Å². The average molecular weight is 432 g/mol. The number of aryl methyl sites for hydroxylation is 1. The summed E-state index contributed by atoms with van der Waals surface area (Å²) >= 11 is 3.47. The van der Waals surface area contributed by atoms with E-state index in [1.807, 2.05) is 49.4 Å². The molecule has 1 atom stereocenters. The Labute approximate surface area is 169 Å². The molecule has 1 amide bonds. The molecule has 2 aromatic rings. The van der Waals surface area contributed by atoms with Crippen LogP contribution < -0.4 is 14.8 Å². The summed E-state index contributed by atoms with van der Waals surface area (Å²) in [5.74, 6) is 1.43. The zero-order valence-electron chi connectivity index (χ0n) is 16.0. The maximum Gasteiger partial charge on any atom is 0.258 e. The van der Waals surface area contributed by atoms with E-state index < -0.39 is 0 Å². The van der Waals surface area contributed by atoms with Crippen molar-refractivity contribution in [3.8, 4) is 11.5 Å². The van der Waals surface area contributed by atoms with Crippen molar-refractivity contribution in [1.82, 2.24) is 5.32 Å². The van der Waals surface area contributed by atoms with E-state index >= 15 is 0 Å². The Morgan fingerprint density at radius 3 is 2.70 bits per heavy atom. The number of para-hydroxylation sites is 1. The third-order valence-corrected chi connectivity index (χ3v) is 6.21. The normalized spacial score (nSPS) is 17.6. The fourth-order valence-corrected chi connectivity index (χ4v) is 3.77. The third kappa shape index (κ3) is 4.46. The molecule has 3 rings (SSSR count). The number of carbonyl (C=O) groups excluding carboxylic acids is 1. The van der Waals surface area contributed by atoms with E-state index in [9.17, 15) is 4.79 Å². The molecule has 0 unspecified atom stereocenters. The average Bonchev–Trinajstić information content (AvgIpc) is 2.68. The van der Waals surface area contributed by atoms with Gasteiger partial charge in [-0.3, -0.25) is 4.79 Å². The first-order valence-electron chi connectivity index (χ1n) is 9.42. The summed E-state index contributed by atoms with van der Waals surface area (Å²) in [5, 5.41) is 3.14. The van der Waals surface area contributed by atoms with Crippen LogP contribution in [0.25, 0.3) is 0 Å². The fourth-order valence-electron chi connectivity index (χ4n) is 3.52. The minimum atomic E-state index is -0.240. The maximum absolute atomic E-state index is 12.5. The summed E-state index contributed by atoms with van der Waals surface area (Å²) in [7, 11) is 0. The second kappa shape index (κ2) is 8.34. The molecule has 2 aromatic carbocycles. The topological polar surface area (TPSA) is 47.6 Å². The second-order valence-electron chi connectivity index (χ2n) is 7.05. The summed E-state index contributed by atoms with van der Waals surface area (Å²) in [5.41, 5.74) is 1.86. The van der Waals surface area contributed by atoms with Crippen LogP contribution in [-0.4, -0.2) is 18.1 Å². The van der Waals surface area contributed by atoms with E-state index in [1.165, 1.54) is 0 Å². The van der Waals surface area contributed by atoms with Crippen LogP contribution in [0.2, 0.25) is 0 Å². The molecular formula is C22H26BrNO3. The number of hydrogen-bond acceptors (Lipinski definition) is 3. The van der Waals surface area contributed by atoms with Gasteiger partial charge in [0.05, 0.1) is 6.04 Å². The molecule has 5 heteroatoms. The van der Waals surface area contributed by atoms with Gasteiger partial charge < -0.3 is 14.8 Å². The zero-order valence-corrected chi connectivity index (χ0v) is 17.6. The van der Waals surface area contributed by atoms with Crippen molar-refractivity contribution >= 4 is 21.8 Å². The summed E-state index contributed by atoms with van der Waals surface area (Å²) in [4.78, 5) is 12.5. The van der Waals surface area contributed by atoms with Crippen LogP contribution in [0.3, 0.4) is 0 Å². The molecule has 0 saturated heterocycles. The number of benzene rings is 2. The Morgan fingerprint density at radius 2 is 2.00 bits per heavy atom. The first-order chi connectivity index (χ1) is 13.0. The molecule has 0 aliphatic carbocycles. The van der Waals surface area contributed by atoms with Gasteiger partial charge in [0.25, 0.3) is 5.91 Å². The number of ether oxygens (including phenoxy) is 2. The Balaban J connectivity index is 1.69. The lowest BCUT2D eigenvalue weighted by Crippen LogP contribution is -2.45. The van der Waals surface area contributed by atoms with Crippen LogP contribution in [0.5, 0.6) is 11.5 Å². The SMILES string of the molecule is CCC1(CC)C[C@@H](NC(=O)COc2ccc(Br)c(C)c2)c2ccccc2O1. The standard InChI is InChI=1S/C22H26BrNO3/c1-4-22(5-2)13-19(17-8-6-7-9-20(17)27-22)24-21(25)14-26-16-10-11-18(23)15(3)12-16/h6-12,19H,4-5,13-14H2,1-3H3,(H,24,25)/t19-/m1/s1. The van der Waals surface area contributed by atoms with Gasteiger partial charge in [-0.05, 0) is 49.6 Å². The summed E-state index contributed by atoms with van der Waals surface area (Å²) < 4.78 is 13.0. The van der Waals surface area contributed by atoms with Gasteiger partial charge in [-0.1, -0.05) is 48.0 Å². The number of rotatable bonds is 6. The third-order valence-electron chi connectivity index (χ3n) is 5.32. The Kier molecular flexibility index (Phi) is 6.10. The van der Waals surface area contributed by atoms with Crippen molar-refractivity contribution in [2.45, 2.75) is 51.7 Å². The molecule has 4 nitrogen and oxygen atoms in total. The van der Waals surface area contributed by atoms with Gasteiger partial charge >= 0.3 is 0 Å². The molecule has 1 N–H and O–H groups in total. The Bertz CT molecular complexity index is 817. The van der Waals surface area contributed by atoms with E-state index in [0.717, 1.165) is 40.6 Å². The Morgan fingerprint density at radius 1 is 1.26 bits per heavy atom. The van der Waals surface area contributed by atoms with Gasteiger partial charge in [0.15, 0.2) is 6.61 Å². The summed E-state index contributed by atoms with van der Waals surface area (Å²) in [6.07, 6.45) is 2.57. The quantitative estimate of drug-likeness (QED) is 0.671. The first kappa shape index (κ1) is 19.7. The molecule has 0 saturated carbocycles. The molecule has 0 spiro atoms. The lowest BCUT2D eigenvalue weighted by atomic mass is 9.83. The van der Waals surface area contributed by atoms with E-state index in [0.29, 0.717) is 5.75 Å². The Hall–Kier alpha value is -2.01. The van der Waals surface area contributed by atoms with Gasteiger partial charge in [0, 0.05) is 16.5 Å². The lowest BCUT2D eigenvalue weighted by molar-refractivity contribution is -0.124. The highest BCUT2D eigenvalue weighted by atomic mass is 79.9. The zero-order chi connectivity index (χ0) is 19.4. The predicted molar refractivity (Wildman–Crippen MR) is 110 cm³/mol. The molecule has 1 heterocycles. The summed E-state index contributed by atoms with van der Waals surface area (Å²) in [6.45, 7) is 6.25. The van der Waals surface area contributed by atoms with Gasteiger partial charge in [-0.25, -0.2) is 0 Å². The molecule has 27 heavy (non-hydrogen) atoms. The monoisotopic (exact) mass is 431 g/mol. The van der Waals surface area contributed by atoms with Gasteiger partial charge in [0.2, 0.25) is 0 Å². The molecule has 1 aliphatic heterocycles. The minimum Gasteiger partial charge on any atom is -0.487 e. The van der Waals surface area contributed by atoms with Gasteiger partial charge in [-0.15, -0.1) is 0 Å². The fraction of sp³-hybridized carbons (Fsp3) is 0.409. The maximum atomic E-state index is 12.5. The number of hydrogen-bond donors (Lipinski definition) is 1. The number of carbonyl (C=O) groups is 1. The highest BCUT2D eigenvalue weighted by molar-refractivity contribution is 9.10. The van der Waals surface area contributed by atoms with Crippen molar-refractivity contribution in [2.24, 2.45) is 0 Å². The number of amides is 1. The second-order valence-corrected chi connectivity index (χ2v) is 7.91. The first-order valence-corrected chi connectivity index (χ1v) is 10.2. The van der Waals surface area contributed by atoms with E-state index in [4.69, 9.17) is 9.47 Å². The van der Waals surface area contributed by atoms with Crippen LogP contribution in [0, 0.1) is 6.92 Å². The van der Waals surface area contributed by atoms with Crippen LogP contribution in [0.15, 0.2) is 46.9 Å². The number of halogens is 1. The minimum absolute atomic E-state index is 0.00809. The molecule has 144 valence electrons. The number of nitrogens with one attached hydrogen (secondary N) is 1. The molecule has 1 aliphatic rings.